The maximum absolute atomic E-state index is 11.2. The van der Waals surface area contributed by atoms with Gasteiger partial charge in [0.05, 0.1) is 6.61 Å². The third kappa shape index (κ3) is 6.30. The van der Waals surface area contributed by atoms with Crippen LogP contribution in [0.1, 0.15) is 13.3 Å². The van der Waals surface area contributed by atoms with Gasteiger partial charge in [-0.25, -0.2) is 21.6 Å². The molecule has 0 aliphatic rings. The molecule has 1 atom stereocenters. The highest BCUT2D eigenvalue weighted by atomic mass is 32.3. The summed E-state index contributed by atoms with van der Waals surface area (Å²) >= 11 is 0. The fourth-order valence-corrected chi connectivity index (χ4v) is 4.10. The van der Waals surface area contributed by atoms with Gasteiger partial charge in [0.1, 0.15) is 0 Å². The molecule has 2 N–H and O–H groups in total. The molecule has 0 rings (SSSR count). The first-order valence-electron chi connectivity index (χ1n) is 3.98. The van der Waals surface area contributed by atoms with E-state index in [2.05, 4.69) is 4.72 Å². The highest BCUT2D eigenvalue weighted by Gasteiger charge is 2.20. The summed E-state index contributed by atoms with van der Waals surface area (Å²) in [6.45, 7) is 1.34. The minimum absolute atomic E-state index is 0.348. The van der Waals surface area contributed by atoms with E-state index in [4.69, 9.17) is 5.11 Å². The van der Waals surface area contributed by atoms with Crippen molar-refractivity contribution < 1.29 is 21.9 Å². The number of rotatable bonds is 6. The number of aliphatic hydroxyl groups is 1. The summed E-state index contributed by atoms with van der Waals surface area (Å²) in [6.07, 6.45) is 1.24. The van der Waals surface area contributed by atoms with Crippen molar-refractivity contribution in [1.29, 1.82) is 0 Å². The van der Waals surface area contributed by atoms with Crippen LogP contribution in [0.5, 0.6) is 0 Å². The fourth-order valence-electron chi connectivity index (χ4n) is 0.819. The zero-order chi connectivity index (χ0) is 11.4. The molecule has 86 valence electrons. The molecule has 0 unspecified atom stereocenters. The van der Waals surface area contributed by atoms with E-state index >= 15 is 0 Å². The van der Waals surface area contributed by atoms with Crippen molar-refractivity contribution in [2.24, 2.45) is 0 Å². The number of nitrogens with one attached hydrogen (secondary N) is 1. The van der Waals surface area contributed by atoms with Crippen molar-refractivity contribution in [2.45, 2.75) is 19.4 Å². The van der Waals surface area contributed by atoms with Crippen LogP contribution < -0.4 is 4.72 Å². The highest BCUT2D eigenvalue weighted by molar-refractivity contribution is 8.06. The Morgan fingerprint density at radius 3 is 2.07 bits per heavy atom. The van der Waals surface area contributed by atoms with E-state index in [-0.39, 0.29) is 6.61 Å². The van der Waals surface area contributed by atoms with Crippen LogP contribution in [0.3, 0.4) is 0 Å². The summed E-state index contributed by atoms with van der Waals surface area (Å²) in [5.74, 6) is 0. The smallest absolute Gasteiger partial charge is 0.226 e. The van der Waals surface area contributed by atoms with E-state index in [1.807, 2.05) is 0 Å². The van der Waals surface area contributed by atoms with E-state index < -0.39 is 31.0 Å². The number of aliphatic hydroxyl groups excluding tert-OH is 1. The first-order valence-corrected chi connectivity index (χ1v) is 7.70. The zero-order valence-corrected chi connectivity index (χ0v) is 9.73. The van der Waals surface area contributed by atoms with Crippen LogP contribution in [-0.4, -0.2) is 45.9 Å². The van der Waals surface area contributed by atoms with Crippen LogP contribution in [-0.2, 0) is 19.9 Å². The number of sulfone groups is 1. The molecule has 0 fully saturated rings. The monoisotopic (exact) mass is 245 g/mol. The molecule has 14 heavy (non-hydrogen) atoms. The minimum Gasteiger partial charge on any atom is -0.395 e. The normalized spacial score (nSPS) is 15.4. The molecule has 0 aromatic carbocycles. The number of sulfonamides is 1. The molecule has 0 amide bonds. The van der Waals surface area contributed by atoms with Crippen LogP contribution in [0, 0.1) is 0 Å². The standard InChI is InChI=1S/C6H15NO5S2/c1-3-6(4-8)7-14(11,12)5-13(2,9)10/h6-8H,3-5H2,1-2H3/t6-/m0/s1. The lowest BCUT2D eigenvalue weighted by Crippen LogP contribution is -2.39. The third-order valence-electron chi connectivity index (χ3n) is 1.43. The van der Waals surface area contributed by atoms with Crippen molar-refractivity contribution >= 4 is 19.9 Å². The molecule has 0 aliphatic heterocycles. The molecule has 0 spiro atoms. The summed E-state index contributed by atoms with van der Waals surface area (Å²) in [4.78, 5) is 0. The van der Waals surface area contributed by atoms with Crippen LogP contribution in [0.2, 0.25) is 0 Å². The van der Waals surface area contributed by atoms with Crippen molar-refractivity contribution in [2.75, 3.05) is 17.9 Å². The van der Waals surface area contributed by atoms with Gasteiger partial charge in [0, 0.05) is 12.3 Å². The Morgan fingerprint density at radius 2 is 1.79 bits per heavy atom. The van der Waals surface area contributed by atoms with Gasteiger partial charge in [0.15, 0.2) is 14.9 Å². The quantitative estimate of drug-likeness (QED) is 0.604. The average molecular weight is 245 g/mol. The van der Waals surface area contributed by atoms with Gasteiger partial charge in [-0.05, 0) is 6.42 Å². The second-order valence-electron chi connectivity index (χ2n) is 3.06. The minimum atomic E-state index is -3.86. The van der Waals surface area contributed by atoms with E-state index in [1.54, 1.807) is 6.92 Å². The van der Waals surface area contributed by atoms with Gasteiger partial charge >= 0.3 is 0 Å². The SMILES string of the molecule is CC[C@@H](CO)NS(=O)(=O)CS(C)(=O)=O. The van der Waals surface area contributed by atoms with E-state index in [1.165, 1.54) is 0 Å². The van der Waals surface area contributed by atoms with Gasteiger partial charge in [-0.3, -0.25) is 0 Å². The third-order valence-corrected chi connectivity index (χ3v) is 5.07. The molecule has 0 aromatic heterocycles. The van der Waals surface area contributed by atoms with E-state index in [0.29, 0.717) is 6.42 Å². The van der Waals surface area contributed by atoms with Gasteiger partial charge in [-0.2, -0.15) is 0 Å². The lowest BCUT2D eigenvalue weighted by molar-refractivity contribution is 0.254. The molecular weight excluding hydrogens is 230 g/mol. The molecule has 0 radical (unpaired) electrons. The Morgan fingerprint density at radius 1 is 1.29 bits per heavy atom. The van der Waals surface area contributed by atoms with Gasteiger partial charge in [-0.15, -0.1) is 0 Å². The molecular formula is C6H15NO5S2. The largest absolute Gasteiger partial charge is 0.395 e. The molecule has 0 heterocycles. The topological polar surface area (TPSA) is 101 Å². The molecule has 0 saturated heterocycles. The molecule has 0 aliphatic carbocycles. The first-order chi connectivity index (χ1) is 6.20. The van der Waals surface area contributed by atoms with Gasteiger partial charge in [0.2, 0.25) is 10.0 Å². The molecule has 0 saturated carbocycles. The Hall–Kier alpha value is -0.180. The Bertz CT molecular complexity index is 354. The number of hydrogen-bond donors (Lipinski definition) is 2. The second kappa shape index (κ2) is 5.06. The summed E-state index contributed by atoms with van der Waals surface area (Å²) in [6, 6.07) is -0.623. The summed E-state index contributed by atoms with van der Waals surface area (Å²) in [7, 11) is -7.44. The van der Waals surface area contributed by atoms with Crippen LogP contribution in [0.25, 0.3) is 0 Å². The predicted octanol–water partition coefficient (Wildman–Crippen LogP) is -1.32. The van der Waals surface area contributed by atoms with Gasteiger partial charge in [-0.1, -0.05) is 6.92 Å². The van der Waals surface area contributed by atoms with Crippen LogP contribution in [0.15, 0.2) is 0 Å². The Kier molecular flexibility index (Phi) is 4.99. The van der Waals surface area contributed by atoms with E-state index in [9.17, 15) is 16.8 Å². The maximum atomic E-state index is 11.2. The average Bonchev–Trinajstić information content (AvgIpc) is 1.95. The molecule has 0 aromatic rings. The van der Waals surface area contributed by atoms with Crippen LogP contribution in [0.4, 0.5) is 0 Å². The second-order valence-corrected chi connectivity index (χ2v) is 7.32. The summed E-state index contributed by atoms with van der Waals surface area (Å²) < 4.78 is 45.9. The first kappa shape index (κ1) is 13.8. The number of hydrogen-bond acceptors (Lipinski definition) is 5. The zero-order valence-electron chi connectivity index (χ0n) is 8.10. The lowest BCUT2D eigenvalue weighted by Gasteiger charge is -2.13. The Labute approximate surface area is 84.3 Å². The molecule has 0 bridgehead atoms. The summed E-state index contributed by atoms with van der Waals surface area (Å²) in [5, 5.41) is 7.76. The highest BCUT2D eigenvalue weighted by Crippen LogP contribution is 1.97. The van der Waals surface area contributed by atoms with Gasteiger partial charge in [0.25, 0.3) is 0 Å². The van der Waals surface area contributed by atoms with Crippen LogP contribution >= 0.6 is 0 Å². The summed E-state index contributed by atoms with van der Waals surface area (Å²) in [5.41, 5.74) is 0. The molecule has 6 nitrogen and oxygen atoms in total. The predicted molar refractivity (Wildman–Crippen MR) is 52.9 cm³/mol. The maximum Gasteiger partial charge on any atom is 0.226 e. The van der Waals surface area contributed by atoms with Crippen molar-refractivity contribution in [1.82, 2.24) is 4.72 Å². The van der Waals surface area contributed by atoms with Gasteiger partial charge < -0.3 is 5.11 Å². The lowest BCUT2D eigenvalue weighted by atomic mass is 10.3. The Balaban J connectivity index is 4.51. The van der Waals surface area contributed by atoms with Crippen molar-refractivity contribution in [3.63, 3.8) is 0 Å². The van der Waals surface area contributed by atoms with E-state index in [0.717, 1.165) is 6.26 Å². The fraction of sp³-hybridized carbons (Fsp3) is 1.00. The molecule has 8 heteroatoms. The van der Waals surface area contributed by atoms with Crippen molar-refractivity contribution in [3.05, 3.63) is 0 Å². The van der Waals surface area contributed by atoms with Crippen molar-refractivity contribution in [3.8, 4) is 0 Å².